The molecule has 154 valence electrons. The van der Waals surface area contributed by atoms with Crippen LogP contribution in [0.15, 0.2) is 45.2 Å². The Hall–Kier alpha value is -2.52. The summed E-state index contributed by atoms with van der Waals surface area (Å²) < 4.78 is 46.3. The van der Waals surface area contributed by atoms with E-state index in [1.807, 2.05) is 0 Å². The second-order valence-electron chi connectivity index (χ2n) is 6.45. The van der Waals surface area contributed by atoms with Crippen LogP contribution < -0.4 is 15.7 Å². The number of H-pyrrole nitrogens is 1. The molecule has 1 aromatic carbocycles. The molecule has 0 amide bonds. The van der Waals surface area contributed by atoms with Gasteiger partial charge in [0.25, 0.3) is 0 Å². The topological polar surface area (TPSA) is 113 Å². The number of aromatic nitrogens is 2. The molecule has 1 N–H and O–H groups in total. The predicted octanol–water partition coefficient (Wildman–Crippen LogP) is 2.28. The number of halogens is 3. The Labute approximate surface area is 168 Å². The Morgan fingerprint density at radius 1 is 1.41 bits per heavy atom. The molecule has 0 bridgehead atoms. The molecule has 3 atom stereocenters. The van der Waals surface area contributed by atoms with Gasteiger partial charge < -0.3 is 0 Å². The summed E-state index contributed by atoms with van der Waals surface area (Å²) in [6.07, 6.45) is -4.11. The van der Waals surface area contributed by atoms with Crippen molar-refractivity contribution in [3.63, 3.8) is 0 Å². The average molecular weight is 474 g/mol. The minimum absolute atomic E-state index is 0.221. The first-order chi connectivity index (χ1) is 13.7. The van der Waals surface area contributed by atoms with Crippen molar-refractivity contribution in [3.05, 3.63) is 72.9 Å². The zero-order chi connectivity index (χ0) is 21.2. The third-order valence-electron chi connectivity index (χ3n) is 4.44. The van der Waals surface area contributed by atoms with E-state index in [4.69, 9.17) is 10.3 Å². The number of ether oxygens (including phenoxy) is 1. The summed E-state index contributed by atoms with van der Waals surface area (Å²) in [6.45, 7) is 1.54. The van der Waals surface area contributed by atoms with E-state index >= 15 is 0 Å². The number of hydrogen-bond donors (Lipinski definition) is 1. The van der Waals surface area contributed by atoms with Crippen LogP contribution in [-0.2, 0) is 10.9 Å². The molecule has 8 nitrogen and oxygen atoms in total. The molecule has 0 saturated carbocycles. The first-order valence-corrected chi connectivity index (χ1v) is 10.6. The van der Waals surface area contributed by atoms with E-state index in [-0.39, 0.29) is 21.4 Å². The van der Waals surface area contributed by atoms with Crippen molar-refractivity contribution in [2.45, 2.75) is 43.2 Å². The molecule has 0 unspecified atom stereocenters. The molecule has 0 radical (unpaired) electrons. The molecule has 1 aliphatic heterocycles. The van der Waals surface area contributed by atoms with E-state index in [0.717, 1.165) is 12.1 Å². The third-order valence-corrected chi connectivity index (χ3v) is 6.71. The molecule has 1 aliphatic rings. The molecular weight excluding hydrogens is 458 g/mol. The monoisotopic (exact) mass is 475 g/mol. The van der Waals surface area contributed by atoms with Crippen LogP contribution in [-0.4, -0.2) is 36.7 Å². The molecule has 2 aromatic rings. The predicted molar refractivity (Wildman–Crippen MR) is 99.2 cm³/mol. The fourth-order valence-electron chi connectivity index (χ4n) is 2.96. The number of hydrogen-bond acceptors (Lipinski definition) is 4. The van der Waals surface area contributed by atoms with Gasteiger partial charge in [0, 0.05) is 0 Å². The van der Waals surface area contributed by atoms with Crippen LogP contribution in [0.4, 0.5) is 13.2 Å². The second-order valence-corrected chi connectivity index (χ2v) is 8.75. The standard InChI is InChI=1S/C17H16F3N5O3Se/c1-9-7-25(16(27)22-15(9)26)14-6-12(23-24-21)13(28-14)8-29-11-4-2-3-10(5-11)17(18,19)20/h2-5,7,12-14H,6,8H2,1H3,(H,22,26,27)/t12-,13+,14+/m0/s1. The van der Waals surface area contributed by atoms with E-state index in [1.54, 1.807) is 13.0 Å². The van der Waals surface area contributed by atoms with E-state index in [2.05, 4.69) is 15.0 Å². The first-order valence-electron chi connectivity index (χ1n) is 8.51. The van der Waals surface area contributed by atoms with E-state index in [0.29, 0.717) is 15.3 Å². The van der Waals surface area contributed by atoms with Gasteiger partial charge in [-0.1, -0.05) is 0 Å². The molecule has 0 spiro atoms. The summed E-state index contributed by atoms with van der Waals surface area (Å²) in [5.74, 6) is 0. The van der Waals surface area contributed by atoms with Crippen molar-refractivity contribution in [1.29, 1.82) is 0 Å². The van der Waals surface area contributed by atoms with Gasteiger partial charge in [-0.15, -0.1) is 0 Å². The van der Waals surface area contributed by atoms with Crippen molar-refractivity contribution < 1.29 is 17.9 Å². The maximum atomic E-state index is 12.9. The number of nitrogens with one attached hydrogen (secondary N) is 1. The van der Waals surface area contributed by atoms with Crippen LogP contribution in [0, 0.1) is 6.92 Å². The molecule has 1 aromatic heterocycles. The maximum absolute atomic E-state index is 12.9. The average Bonchev–Trinajstić information content (AvgIpc) is 3.05. The van der Waals surface area contributed by atoms with Crippen molar-refractivity contribution in [2.24, 2.45) is 5.11 Å². The van der Waals surface area contributed by atoms with Gasteiger partial charge in [-0.3, -0.25) is 0 Å². The Kier molecular flexibility index (Phi) is 6.18. The molecule has 12 heteroatoms. The second kappa shape index (κ2) is 8.46. The Morgan fingerprint density at radius 3 is 2.86 bits per heavy atom. The minimum atomic E-state index is -4.42. The zero-order valence-corrected chi connectivity index (χ0v) is 16.8. The summed E-state index contributed by atoms with van der Waals surface area (Å²) in [5.41, 5.74) is 7.28. The van der Waals surface area contributed by atoms with Crippen molar-refractivity contribution >= 4 is 19.4 Å². The molecule has 0 aliphatic carbocycles. The molecule has 2 heterocycles. The van der Waals surface area contributed by atoms with E-state index < -0.39 is 41.4 Å². The summed E-state index contributed by atoms with van der Waals surface area (Å²) in [6, 6.07) is 4.50. The fraction of sp³-hybridized carbons (Fsp3) is 0.412. The number of nitrogens with zero attached hydrogens (tertiary/aromatic N) is 4. The Bertz CT molecular complexity index is 1060. The van der Waals surface area contributed by atoms with Crippen LogP contribution in [0.25, 0.3) is 10.4 Å². The quantitative estimate of drug-likeness (QED) is 0.311. The van der Waals surface area contributed by atoms with Gasteiger partial charge in [0.15, 0.2) is 0 Å². The first kappa shape index (κ1) is 21.2. The van der Waals surface area contributed by atoms with Crippen LogP contribution in [0.1, 0.15) is 23.8 Å². The van der Waals surface area contributed by atoms with Crippen molar-refractivity contribution in [1.82, 2.24) is 9.55 Å². The van der Waals surface area contributed by atoms with Gasteiger partial charge >= 0.3 is 168 Å². The summed E-state index contributed by atoms with van der Waals surface area (Å²) in [4.78, 5) is 28.6. The number of rotatable bonds is 5. The third kappa shape index (κ3) is 4.91. The molecule has 1 fully saturated rings. The summed E-state index contributed by atoms with van der Waals surface area (Å²) >= 11 is -0.365. The van der Waals surface area contributed by atoms with Crippen LogP contribution in [0.3, 0.4) is 0 Å². The number of azide groups is 1. The van der Waals surface area contributed by atoms with Gasteiger partial charge in [0.05, 0.1) is 0 Å². The number of aryl methyl sites for hydroxylation is 1. The summed E-state index contributed by atoms with van der Waals surface area (Å²) in [5, 5.41) is 4.08. The number of benzene rings is 1. The SMILES string of the molecule is Cc1cn([C@H]2C[C@H](N=[N+]=[N-])[C@@H](C[Se]c3cccc(C(F)(F)F)c3)O2)c(=O)[nH]c1=O. The van der Waals surface area contributed by atoms with E-state index in [1.165, 1.54) is 16.8 Å². The van der Waals surface area contributed by atoms with Gasteiger partial charge in [0.2, 0.25) is 0 Å². The number of alkyl halides is 3. The van der Waals surface area contributed by atoms with E-state index in [9.17, 15) is 22.8 Å². The van der Waals surface area contributed by atoms with Crippen molar-refractivity contribution in [3.8, 4) is 0 Å². The van der Waals surface area contributed by atoms with Gasteiger partial charge in [-0.25, -0.2) is 0 Å². The summed E-state index contributed by atoms with van der Waals surface area (Å²) in [7, 11) is 0. The molecular formula is C17H16F3N5O3Se. The van der Waals surface area contributed by atoms with Gasteiger partial charge in [-0.05, 0) is 0 Å². The molecule has 29 heavy (non-hydrogen) atoms. The van der Waals surface area contributed by atoms with Crippen LogP contribution in [0.5, 0.6) is 0 Å². The number of aromatic amines is 1. The van der Waals surface area contributed by atoms with Crippen LogP contribution >= 0.6 is 0 Å². The van der Waals surface area contributed by atoms with Crippen LogP contribution in [0.2, 0.25) is 5.32 Å². The van der Waals surface area contributed by atoms with Crippen molar-refractivity contribution in [2.75, 3.05) is 0 Å². The molecule has 1 saturated heterocycles. The Morgan fingerprint density at radius 2 is 2.17 bits per heavy atom. The van der Waals surface area contributed by atoms with Gasteiger partial charge in [0.1, 0.15) is 0 Å². The Balaban J connectivity index is 1.77. The zero-order valence-electron chi connectivity index (χ0n) is 15.1. The normalized spacial score (nSPS) is 21.7. The molecule has 3 rings (SSSR count). The van der Waals surface area contributed by atoms with Gasteiger partial charge in [-0.2, -0.15) is 0 Å². The fourth-order valence-corrected chi connectivity index (χ4v) is 5.15.